The normalized spacial score (nSPS) is 22.7. The molecule has 12 nitrogen and oxygen atoms in total. The van der Waals surface area contributed by atoms with Crippen LogP contribution in [0.1, 0.15) is 82.5 Å². The van der Waals surface area contributed by atoms with Crippen molar-refractivity contribution in [1.82, 2.24) is 9.80 Å². The van der Waals surface area contributed by atoms with Crippen LogP contribution < -0.4 is 24.8 Å². The van der Waals surface area contributed by atoms with E-state index in [0.717, 1.165) is 51.4 Å². The molecule has 49 heavy (non-hydrogen) atoms. The van der Waals surface area contributed by atoms with Crippen LogP contribution in [0.2, 0.25) is 0 Å². The molecule has 2 heterocycles. The molecule has 0 saturated heterocycles. The zero-order chi connectivity index (χ0) is 34.9. The first kappa shape index (κ1) is 36.3. The Balaban J connectivity index is 1.35. The van der Waals surface area contributed by atoms with Crippen molar-refractivity contribution in [1.29, 1.82) is 0 Å². The summed E-state index contributed by atoms with van der Waals surface area (Å²) in [6.45, 7) is 6.70. The van der Waals surface area contributed by atoms with Crippen LogP contribution >= 0.6 is 0 Å². The number of ether oxygens (including phenoxy) is 4. The van der Waals surface area contributed by atoms with Gasteiger partial charge in [-0.05, 0) is 76.3 Å². The van der Waals surface area contributed by atoms with Gasteiger partial charge in [0.2, 0.25) is 12.7 Å². The standard InChI is InChI=1S/C37H52N4O8/c1-24-20-41(25(2)22-42)36(44)30-18-28(38-35(43)27-11-6-5-7-12-27)13-15-31(30)49-26(3)10-8-9-17-46-34(24)21-40(4)37(45)39-29-14-16-32-33(19-29)48-23-47-32/h13-16,18-19,24-27,34,42H,5-12,17,20-23H2,1-4H3,(H,38,43)(H,39,45)/t24-,25-,26-,34-/m0/s1. The first-order valence-electron chi connectivity index (χ1n) is 17.7. The highest BCUT2D eigenvalue weighted by atomic mass is 16.7. The lowest BCUT2D eigenvalue weighted by Crippen LogP contribution is -2.48. The maximum Gasteiger partial charge on any atom is 0.321 e. The van der Waals surface area contributed by atoms with E-state index >= 15 is 0 Å². The highest BCUT2D eigenvalue weighted by molar-refractivity contribution is 6.00. The Bertz CT molecular complexity index is 1450. The number of hydrogen-bond acceptors (Lipinski definition) is 8. The van der Waals surface area contributed by atoms with Crippen LogP contribution in [-0.4, -0.2) is 91.1 Å². The molecule has 0 bridgehead atoms. The molecule has 0 spiro atoms. The second kappa shape index (κ2) is 17.1. The van der Waals surface area contributed by atoms with Gasteiger partial charge >= 0.3 is 6.03 Å². The van der Waals surface area contributed by atoms with Gasteiger partial charge in [-0.3, -0.25) is 9.59 Å². The molecule has 2 aromatic rings. The van der Waals surface area contributed by atoms with E-state index in [1.807, 2.05) is 13.8 Å². The fourth-order valence-corrected chi connectivity index (χ4v) is 6.62. The molecule has 3 aliphatic rings. The summed E-state index contributed by atoms with van der Waals surface area (Å²) >= 11 is 0. The fraction of sp³-hybridized carbons (Fsp3) is 0.595. The number of benzene rings is 2. The quantitative estimate of drug-likeness (QED) is 0.329. The number of urea groups is 1. The van der Waals surface area contributed by atoms with Gasteiger partial charge < -0.3 is 44.5 Å². The Morgan fingerprint density at radius 1 is 0.939 bits per heavy atom. The number of nitrogens with one attached hydrogen (secondary N) is 2. The predicted octanol–water partition coefficient (Wildman–Crippen LogP) is 5.89. The molecular weight excluding hydrogens is 628 g/mol. The Labute approximate surface area is 289 Å². The number of carbonyl (C=O) groups excluding carboxylic acids is 3. The maximum atomic E-state index is 14.4. The zero-order valence-corrected chi connectivity index (χ0v) is 29.2. The number of amides is 4. The molecule has 5 rings (SSSR count). The van der Waals surface area contributed by atoms with Crippen molar-refractivity contribution < 1.29 is 38.4 Å². The average Bonchev–Trinajstić information content (AvgIpc) is 3.58. The van der Waals surface area contributed by atoms with Gasteiger partial charge in [-0.25, -0.2) is 4.79 Å². The van der Waals surface area contributed by atoms with Crippen LogP contribution in [-0.2, 0) is 9.53 Å². The molecule has 0 radical (unpaired) electrons. The van der Waals surface area contributed by atoms with Crippen molar-refractivity contribution in [3.63, 3.8) is 0 Å². The first-order valence-corrected chi connectivity index (χ1v) is 17.7. The van der Waals surface area contributed by atoms with E-state index in [-0.39, 0.29) is 62.3 Å². The number of fused-ring (bicyclic) bond motifs is 2. The van der Waals surface area contributed by atoms with Crippen LogP contribution in [0.5, 0.6) is 17.2 Å². The summed E-state index contributed by atoms with van der Waals surface area (Å²) in [6.07, 6.45) is 6.84. The maximum absolute atomic E-state index is 14.4. The molecule has 0 unspecified atom stereocenters. The fourth-order valence-electron chi connectivity index (χ4n) is 6.62. The number of anilines is 2. The van der Waals surface area contributed by atoms with E-state index in [4.69, 9.17) is 18.9 Å². The Morgan fingerprint density at radius 3 is 2.39 bits per heavy atom. The number of rotatable bonds is 7. The summed E-state index contributed by atoms with van der Waals surface area (Å²) in [6, 6.07) is 9.66. The number of nitrogens with zero attached hydrogens (tertiary/aromatic N) is 2. The van der Waals surface area contributed by atoms with Crippen molar-refractivity contribution in [3.05, 3.63) is 42.0 Å². The molecule has 1 aliphatic carbocycles. The number of likely N-dealkylation sites (N-methyl/N-ethyl adjacent to an activating group) is 1. The number of hydrogen-bond donors (Lipinski definition) is 3. The van der Waals surface area contributed by atoms with Crippen molar-refractivity contribution in [2.24, 2.45) is 11.8 Å². The smallest absolute Gasteiger partial charge is 0.321 e. The molecule has 2 aliphatic heterocycles. The third-order valence-electron chi connectivity index (χ3n) is 9.72. The van der Waals surface area contributed by atoms with Crippen LogP contribution in [0.15, 0.2) is 36.4 Å². The lowest BCUT2D eigenvalue weighted by molar-refractivity contribution is -0.120. The number of aliphatic hydroxyl groups excluding tert-OH is 1. The molecule has 12 heteroatoms. The first-order chi connectivity index (χ1) is 23.6. The highest BCUT2D eigenvalue weighted by Gasteiger charge is 2.31. The van der Waals surface area contributed by atoms with Crippen LogP contribution in [0.3, 0.4) is 0 Å². The zero-order valence-electron chi connectivity index (χ0n) is 29.2. The van der Waals surface area contributed by atoms with Crippen LogP contribution in [0.25, 0.3) is 0 Å². The molecule has 268 valence electrons. The third-order valence-corrected chi connectivity index (χ3v) is 9.72. The minimum Gasteiger partial charge on any atom is -0.490 e. The van der Waals surface area contributed by atoms with E-state index in [9.17, 15) is 19.5 Å². The second-order valence-electron chi connectivity index (χ2n) is 13.7. The van der Waals surface area contributed by atoms with E-state index in [0.29, 0.717) is 40.8 Å². The van der Waals surface area contributed by atoms with E-state index in [1.54, 1.807) is 60.2 Å². The SMILES string of the molecule is C[C@H]1CCCCO[C@@H](CN(C)C(=O)Nc2ccc3c(c2)OCO3)[C@@H](C)CN([C@@H](C)CO)C(=O)c2cc(NC(=O)C3CCCCC3)ccc2O1. The third kappa shape index (κ3) is 9.57. The topological polar surface area (TPSA) is 139 Å². The summed E-state index contributed by atoms with van der Waals surface area (Å²) in [7, 11) is 1.71. The van der Waals surface area contributed by atoms with E-state index in [2.05, 4.69) is 10.6 Å². The summed E-state index contributed by atoms with van der Waals surface area (Å²) in [5.74, 6) is 1.08. The van der Waals surface area contributed by atoms with Crippen LogP contribution in [0, 0.1) is 11.8 Å². The van der Waals surface area contributed by atoms with Crippen molar-refractivity contribution >= 4 is 29.2 Å². The monoisotopic (exact) mass is 680 g/mol. The minimum absolute atomic E-state index is 0.0249. The van der Waals surface area contributed by atoms with Crippen molar-refractivity contribution in [2.75, 3.05) is 50.8 Å². The largest absolute Gasteiger partial charge is 0.490 e. The molecule has 4 atom stereocenters. The average molecular weight is 681 g/mol. The molecule has 1 saturated carbocycles. The number of aliphatic hydroxyl groups is 1. The summed E-state index contributed by atoms with van der Waals surface area (Å²) in [5, 5.41) is 16.2. The second-order valence-corrected chi connectivity index (χ2v) is 13.7. The van der Waals surface area contributed by atoms with Crippen molar-refractivity contribution in [2.45, 2.75) is 90.4 Å². The summed E-state index contributed by atoms with van der Waals surface area (Å²) in [4.78, 5) is 44.0. The Morgan fingerprint density at radius 2 is 1.63 bits per heavy atom. The van der Waals surface area contributed by atoms with Gasteiger partial charge in [0.05, 0.1) is 30.4 Å². The van der Waals surface area contributed by atoms with Crippen molar-refractivity contribution in [3.8, 4) is 17.2 Å². The minimum atomic E-state index is -0.513. The molecule has 2 aromatic carbocycles. The highest BCUT2D eigenvalue weighted by Crippen LogP contribution is 2.34. The van der Waals surface area contributed by atoms with Gasteiger partial charge in [0, 0.05) is 56.0 Å². The van der Waals surface area contributed by atoms with Gasteiger partial charge in [-0.1, -0.05) is 26.2 Å². The number of carbonyl (C=O) groups is 3. The molecule has 1 fully saturated rings. The van der Waals surface area contributed by atoms with Gasteiger partial charge in [-0.15, -0.1) is 0 Å². The van der Waals surface area contributed by atoms with Gasteiger partial charge in [0.25, 0.3) is 5.91 Å². The van der Waals surface area contributed by atoms with Gasteiger partial charge in [-0.2, -0.15) is 0 Å². The van der Waals surface area contributed by atoms with E-state index < -0.39 is 12.1 Å². The van der Waals surface area contributed by atoms with Gasteiger partial charge in [0.15, 0.2) is 11.5 Å². The van der Waals surface area contributed by atoms with E-state index in [1.165, 1.54) is 0 Å². The molecule has 4 amide bonds. The summed E-state index contributed by atoms with van der Waals surface area (Å²) < 4.78 is 23.5. The lowest BCUT2D eigenvalue weighted by atomic mass is 9.88. The van der Waals surface area contributed by atoms with Gasteiger partial charge in [0.1, 0.15) is 5.75 Å². The predicted molar refractivity (Wildman–Crippen MR) is 186 cm³/mol. The Kier molecular flexibility index (Phi) is 12.6. The molecular formula is C37H52N4O8. The lowest BCUT2D eigenvalue weighted by Gasteiger charge is -2.35. The Hall–Kier alpha value is -4.03. The summed E-state index contributed by atoms with van der Waals surface area (Å²) in [5.41, 5.74) is 1.45. The molecule has 3 N–H and O–H groups in total. The van der Waals surface area contributed by atoms with Crippen LogP contribution in [0.4, 0.5) is 16.2 Å². The molecule has 0 aromatic heterocycles.